The highest BCUT2D eigenvalue weighted by atomic mass is 16.5. The van der Waals surface area contributed by atoms with Crippen LogP contribution in [0.15, 0.2) is 36.4 Å². The minimum atomic E-state index is -0.588. The van der Waals surface area contributed by atoms with Crippen LogP contribution in [0.5, 0.6) is 17.2 Å². The summed E-state index contributed by atoms with van der Waals surface area (Å²) in [6.45, 7) is 8.51. The van der Waals surface area contributed by atoms with Gasteiger partial charge in [-0.3, -0.25) is 4.79 Å². The van der Waals surface area contributed by atoms with Gasteiger partial charge in [-0.1, -0.05) is 26.0 Å². The zero-order chi connectivity index (χ0) is 20.0. The summed E-state index contributed by atoms with van der Waals surface area (Å²) in [7, 11) is 3.18. The molecule has 0 saturated heterocycles. The van der Waals surface area contributed by atoms with Crippen molar-refractivity contribution in [1.29, 1.82) is 0 Å². The fraction of sp³-hybridized carbons (Fsp3) is 0.409. The molecular weight excluding hydrogens is 342 g/mol. The number of aryl methyl sites for hydroxylation is 1. The Hall–Kier alpha value is -2.69. The Bertz CT molecular complexity index is 786. The Balaban J connectivity index is 1.95. The first-order valence-electron chi connectivity index (χ1n) is 9.11. The molecule has 5 heteroatoms. The third kappa shape index (κ3) is 5.39. The first-order valence-corrected chi connectivity index (χ1v) is 9.11. The van der Waals surface area contributed by atoms with Crippen LogP contribution in [0.1, 0.15) is 43.4 Å². The highest BCUT2D eigenvalue weighted by Gasteiger charge is 2.15. The third-order valence-corrected chi connectivity index (χ3v) is 4.46. The highest BCUT2D eigenvalue weighted by molar-refractivity contribution is 5.80. The second kappa shape index (κ2) is 9.31. The maximum atomic E-state index is 12.4. The lowest BCUT2D eigenvalue weighted by Gasteiger charge is -2.17. The van der Waals surface area contributed by atoms with E-state index in [4.69, 9.17) is 14.2 Å². The Morgan fingerprint density at radius 2 is 1.70 bits per heavy atom. The number of benzene rings is 2. The second-order valence-corrected chi connectivity index (χ2v) is 6.84. The summed E-state index contributed by atoms with van der Waals surface area (Å²) in [5.41, 5.74) is 3.37. The lowest BCUT2D eigenvalue weighted by molar-refractivity contribution is -0.127. The molecule has 0 aliphatic rings. The van der Waals surface area contributed by atoms with Crippen molar-refractivity contribution in [3.05, 3.63) is 53.1 Å². The number of carbonyl (C=O) groups is 1. The first kappa shape index (κ1) is 20.6. The second-order valence-electron chi connectivity index (χ2n) is 6.84. The predicted molar refractivity (Wildman–Crippen MR) is 107 cm³/mol. The van der Waals surface area contributed by atoms with Crippen molar-refractivity contribution in [2.45, 2.75) is 46.3 Å². The average molecular weight is 371 g/mol. The number of methoxy groups -OCH3 is 2. The Morgan fingerprint density at radius 1 is 1.00 bits per heavy atom. The molecule has 0 spiro atoms. The van der Waals surface area contributed by atoms with E-state index in [1.165, 1.54) is 11.1 Å². The molecule has 146 valence electrons. The topological polar surface area (TPSA) is 56.8 Å². The van der Waals surface area contributed by atoms with Gasteiger partial charge in [0.15, 0.2) is 17.6 Å². The van der Waals surface area contributed by atoms with Crippen molar-refractivity contribution in [2.75, 3.05) is 14.2 Å². The number of ether oxygens (including phenoxy) is 3. The van der Waals surface area contributed by atoms with Gasteiger partial charge in [0.1, 0.15) is 5.75 Å². The molecule has 2 aromatic carbocycles. The molecule has 5 nitrogen and oxygen atoms in total. The molecule has 1 atom stereocenters. The quantitative estimate of drug-likeness (QED) is 0.755. The zero-order valence-corrected chi connectivity index (χ0v) is 17.0. The monoisotopic (exact) mass is 371 g/mol. The summed E-state index contributed by atoms with van der Waals surface area (Å²) in [6, 6.07) is 11.5. The van der Waals surface area contributed by atoms with Crippen molar-refractivity contribution < 1.29 is 19.0 Å². The van der Waals surface area contributed by atoms with Crippen molar-refractivity contribution in [3.8, 4) is 17.2 Å². The molecule has 27 heavy (non-hydrogen) atoms. The highest BCUT2D eigenvalue weighted by Crippen LogP contribution is 2.27. The van der Waals surface area contributed by atoms with Gasteiger partial charge < -0.3 is 19.5 Å². The molecule has 1 unspecified atom stereocenters. The van der Waals surface area contributed by atoms with Crippen LogP contribution < -0.4 is 19.5 Å². The van der Waals surface area contributed by atoms with Crippen LogP contribution in [-0.4, -0.2) is 26.2 Å². The minimum absolute atomic E-state index is 0.171. The van der Waals surface area contributed by atoms with E-state index in [0.29, 0.717) is 29.7 Å². The molecule has 2 aromatic rings. The fourth-order valence-electron chi connectivity index (χ4n) is 2.95. The summed E-state index contributed by atoms with van der Waals surface area (Å²) in [5, 5.41) is 2.89. The molecule has 1 amide bonds. The molecule has 0 saturated carbocycles. The molecule has 0 fully saturated rings. The lowest BCUT2D eigenvalue weighted by atomic mass is 9.98. The van der Waals surface area contributed by atoms with E-state index in [-0.39, 0.29) is 5.91 Å². The standard InChI is InChI=1S/C22H29NO4/c1-14(2)19-9-8-18(11-15(19)3)27-16(4)22(24)23-13-17-7-10-20(25-5)21(12-17)26-6/h7-12,14,16H,13H2,1-6H3,(H,23,24). The SMILES string of the molecule is COc1ccc(CNC(=O)C(C)Oc2ccc(C(C)C)c(C)c2)cc1OC. The van der Waals surface area contributed by atoms with Gasteiger partial charge >= 0.3 is 0 Å². The molecule has 2 rings (SSSR count). The Labute approximate surface area is 161 Å². The van der Waals surface area contributed by atoms with Crippen LogP contribution in [0, 0.1) is 6.92 Å². The summed E-state index contributed by atoms with van der Waals surface area (Å²) in [5.74, 6) is 2.28. The number of amides is 1. The van der Waals surface area contributed by atoms with Crippen molar-refractivity contribution in [3.63, 3.8) is 0 Å². The van der Waals surface area contributed by atoms with E-state index in [1.807, 2.05) is 30.3 Å². The molecule has 0 aliphatic heterocycles. The van der Waals surface area contributed by atoms with Gasteiger partial charge in [-0.15, -0.1) is 0 Å². The summed E-state index contributed by atoms with van der Waals surface area (Å²) < 4.78 is 16.3. The molecule has 0 aliphatic carbocycles. The van der Waals surface area contributed by atoms with E-state index in [2.05, 4.69) is 32.2 Å². The molecule has 0 aromatic heterocycles. The molecule has 0 heterocycles. The van der Waals surface area contributed by atoms with Gasteiger partial charge in [-0.25, -0.2) is 0 Å². The summed E-state index contributed by atoms with van der Waals surface area (Å²) >= 11 is 0. The summed E-state index contributed by atoms with van der Waals surface area (Å²) in [4.78, 5) is 12.4. The van der Waals surface area contributed by atoms with E-state index >= 15 is 0 Å². The van der Waals surface area contributed by atoms with Gasteiger partial charge in [0, 0.05) is 6.54 Å². The Morgan fingerprint density at radius 3 is 2.30 bits per heavy atom. The van der Waals surface area contributed by atoms with Crippen molar-refractivity contribution in [2.24, 2.45) is 0 Å². The van der Waals surface area contributed by atoms with E-state index in [0.717, 1.165) is 5.56 Å². The van der Waals surface area contributed by atoms with Crippen LogP contribution in [0.3, 0.4) is 0 Å². The summed E-state index contributed by atoms with van der Waals surface area (Å²) in [6.07, 6.45) is -0.588. The Kier molecular flexibility index (Phi) is 7.11. The smallest absolute Gasteiger partial charge is 0.261 e. The van der Waals surface area contributed by atoms with Crippen molar-refractivity contribution in [1.82, 2.24) is 5.32 Å². The average Bonchev–Trinajstić information content (AvgIpc) is 2.65. The predicted octanol–water partition coefficient (Wildman–Crippen LogP) is 4.22. The minimum Gasteiger partial charge on any atom is -0.493 e. The van der Waals surface area contributed by atoms with E-state index < -0.39 is 6.10 Å². The first-order chi connectivity index (χ1) is 12.8. The van der Waals surface area contributed by atoms with E-state index in [9.17, 15) is 4.79 Å². The number of rotatable bonds is 8. The van der Waals surface area contributed by atoms with Crippen LogP contribution in [0.2, 0.25) is 0 Å². The maximum Gasteiger partial charge on any atom is 0.261 e. The lowest BCUT2D eigenvalue weighted by Crippen LogP contribution is -2.35. The van der Waals surface area contributed by atoms with E-state index in [1.54, 1.807) is 21.1 Å². The number of carbonyl (C=O) groups excluding carboxylic acids is 1. The molecule has 0 bridgehead atoms. The molecular formula is C22H29NO4. The van der Waals surface area contributed by atoms with Crippen LogP contribution in [0.4, 0.5) is 0 Å². The van der Waals surface area contributed by atoms with Gasteiger partial charge in [0.2, 0.25) is 0 Å². The van der Waals surface area contributed by atoms with Crippen LogP contribution in [-0.2, 0) is 11.3 Å². The zero-order valence-electron chi connectivity index (χ0n) is 17.0. The molecule has 0 radical (unpaired) electrons. The van der Waals surface area contributed by atoms with Gasteiger partial charge in [0.25, 0.3) is 5.91 Å². The maximum absolute atomic E-state index is 12.4. The van der Waals surface area contributed by atoms with Crippen LogP contribution >= 0.6 is 0 Å². The van der Waals surface area contributed by atoms with Crippen molar-refractivity contribution >= 4 is 5.91 Å². The van der Waals surface area contributed by atoms with Gasteiger partial charge in [-0.2, -0.15) is 0 Å². The van der Waals surface area contributed by atoms with Gasteiger partial charge in [0.05, 0.1) is 14.2 Å². The molecule has 1 N–H and O–H groups in total. The van der Waals surface area contributed by atoms with Crippen LogP contribution in [0.25, 0.3) is 0 Å². The fourth-order valence-corrected chi connectivity index (χ4v) is 2.95. The normalized spacial score (nSPS) is 11.8. The number of hydrogen-bond acceptors (Lipinski definition) is 4. The number of nitrogens with one attached hydrogen (secondary N) is 1. The third-order valence-electron chi connectivity index (χ3n) is 4.46. The largest absolute Gasteiger partial charge is 0.493 e. The number of hydrogen-bond donors (Lipinski definition) is 1. The van der Waals surface area contributed by atoms with Gasteiger partial charge in [-0.05, 0) is 60.7 Å².